The number of anilines is 9. The summed E-state index contributed by atoms with van der Waals surface area (Å²) in [6.07, 6.45) is 0. The van der Waals surface area contributed by atoms with Crippen LogP contribution in [-0.4, -0.2) is 13.7 Å². The molecule has 0 spiro atoms. The Morgan fingerprint density at radius 3 is 0.632 bits per heavy atom. The molecule has 3 heterocycles. The largest absolute Gasteiger partial charge is 0.311 e. The first-order valence-corrected chi connectivity index (χ1v) is 39.0. The maximum absolute atomic E-state index is 2.39. The minimum atomic E-state index is 1.10. The van der Waals surface area contributed by atoms with Gasteiger partial charge >= 0.3 is 0 Å². The molecular formula is C108H76N6. The lowest BCUT2D eigenvalue weighted by Crippen LogP contribution is -2.10. The second kappa shape index (κ2) is 30.0. The van der Waals surface area contributed by atoms with Crippen molar-refractivity contribution in [1.29, 1.82) is 0 Å². The fourth-order valence-electron chi connectivity index (χ4n) is 16.7. The Kier molecular flexibility index (Phi) is 17.9. The lowest BCUT2D eigenvalue weighted by Gasteiger charge is -2.27. The third-order valence-electron chi connectivity index (χ3n) is 22.0. The Morgan fingerprint density at radius 1 is 0.123 bits per heavy atom. The third kappa shape index (κ3) is 12.9. The van der Waals surface area contributed by atoms with Gasteiger partial charge in [-0.15, -0.1) is 0 Å². The summed E-state index contributed by atoms with van der Waals surface area (Å²) in [7, 11) is 0. The summed E-state index contributed by atoms with van der Waals surface area (Å²) in [6.45, 7) is 0. The first-order valence-electron chi connectivity index (χ1n) is 39.0. The zero-order valence-electron chi connectivity index (χ0n) is 62.6. The second-order valence-electron chi connectivity index (χ2n) is 28.8. The summed E-state index contributed by atoms with van der Waals surface area (Å²) < 4.78 is 7.14. The number of para-hydroxylation sites is 11. The summed E-state index contributed by atoms with van der Waals surface area (Å²) in [5, 5.41) is 7.51. The number of nitrogens with zero attached hydrogens (tertiary/aromatic N) is 6. The van der Waals surface area contributed by atoms with Crippen LogP contribution in [0.25, 0.3) is 127 Å². The van der Waals surface area contributed by atoms with Crippen molar-refractivity contribution < 1.29 is 0 Å². The van der Waals surface area contributed by atoms with Gasteiger partial charge in [0.1, 0.15) is 0 Å². The number of benzene rings is 18. The monoisotopic (exact) mass is 1460 g/mol. The van der Waals surface area contributed by atoms with Gasteiger partial charge in [0.15, 0.2) is 0 Å². The molecule has 0 saturated carbocycles. The van der Waals surface area contributed by atoms with Gasteiger partial charge in [-0.05, 0) is 245 Å². The van der Waals surface area contributed by atoms with E-state index in [-0.39, 0.29) is 0 Å². The Morgan fingerprint density at radius 2 is 0.333 bits per heavy atom. The first-order chi connectivity index (χ1) is 56.6. The van der Waals surface area contributed by atoms with E-state index in [0.717, 1.165) is 90.5 Å². The number of hydrogen-bond acceptors (Lipinski definition) is 3. The molecule has 0 aliphatic rings. The Balaban J connectivity index is 0.000000148. The topological polar surface area (TPSA) is 24.5 Å². The van der Waals surface area contributed by atoms with E-state index >= 15 is 0 Å². The van der Waals surface area contributed by atoms with Gasteiger partial charge in [0.25, 0.3) is 0 Å². The van der Waals surface area contributed by atoms with Crippen LogP contribution in [0.2, 0.25) is 0 Å². The summed E-state index contributed by atoms with van der Waals surface area (Å²) in [4.78, 5) is 6.96. The maximum atomic E-state index is 2.39. The van der Waals surface area contributed by atoms with Gasteiger partial charge < -0.3 is 28.4 Å². The van der Waals surface area contributed by atoms with Crippen LogP contribution >= 0.6 is 0 Å². The minimum absolute atomic E-state index is 1.10. The van der Waals surface area contributed by atoms with Crippen molar-refractivity contribution in [2.45, 2.75) is 0 Å². The predicted molar refractivity (Wildman–Crippen MR) is 482 cm³/mol. The Hall–Kier alpha value is -15.2. The zero-order chi connectivity index (χ0) is 75.7. The van der Waals surface area contributed by atoms with Gasteiger partial charge in [-0.3, -0.25) is 0 Å². The predicted octanol–water partition coefficient (Wildman–Crippen LogP) is 29.7. The molecule has 21 aromatic rings. The lowest BCUT2D eigenvalue weighted by atomic mass is 9.96. The van der Waals surface area contributed by atoms with Crippen LogP contribution in [-0.2, 0) is 0 Å². The van der Waals surface area contributed by atoms with Crippen molar-refractivity contribution >= 4 is 117 Å². The molecule has 18 aromatic carbocycles. The molecule has 0 atom stereocenters. The van der Waals surface area contributed by atoms with Gasteiger partial charge in [-0.2, -0.15) is 0 Å². The van der Waals surface area contributed by atoms with Gasteiger partial charge in [0.2, 0.25) is 0 Å². The number of hydrogen-bond donors (Lipinski definition) is 0. The minimum Gasteiger partial charge on any atom is -0.311 e. The van der Waals surface area contributed by atoms with Crippen LogP contribution in [0.3, 0.4) is 0 Å². The van der Waals surface area contributed by atoms with Crippen molar-refractivity contribution in [3.05, 3.63) is 461 Å². The van der Waals surface area contributed by atoms with E-state index in [1.165, 1.54) is 87.7 Å². The summed E-state index contributed by atoms with van der Waals surface area (Å²) >= 11 is 0. The zero-order valence-corrected chi connectivity index (χ0v) is 62.6. The molecule has 0 aliphatic heterocycles. The van der Waals surface area contributed by atoms with E-state index in [1.54, 1.807) is 0 Å². The fourth-order valence-corrected chi connectivity index (χ4v) is 16.7. The molecule has 0 amide bonds. The molecule has 114 heavy (non-hydrogen) atoms. The van der Waals surface area contributed by atoms with Crippen LogP contribution < -0.4 is 14.7 Å². The van der Waals surface area contributed by atoms with E-state index in [2.05, 4.69) is 489 Å². The normalized spacial score (nSPS) is 11.3. The van der Waals surface area contributed by atoms with E-state index in [4.69, 9.17) is 0 Å². The number of aromatic nitrogens is 3. The molecule has 0 N–H and O–H groups in total. The van der Waals surface area contributed by atoms with Crippen molar-refractivity contribution in [3.8, 4) is 61.6 Å². The smallest absolute Gasteiger partial charge is 0.0541 e. The third-order valence-corrected chi connectivity index (χ3v) is 22.0. The highest BCUT2D eigenvalue weighted by atomic mass is 15.2. The lowest BCUT2D eigenvalue weighted by molar-refractivity contribution is 1.18. The van der Waals surface area contributed by atoms with Crippen LogP contribution in [0.15, 0.2) is 461 Å². The highest BCUT2D eigenvalue weighted by Crippen LogP contribution is 2.45. The van der Waals surface area contributed by atoms with E-state index < -0.39 is 0 Å². The molecule has 538 valence electrons. The number of rotatable bonds is 16. The van der Waals surface area contributed by atoms with E-state index in [0.29, 0.717) is 0 Å². The van der Waals surface area contributed by atoms with Crippen LogP contribution in [0.1, 0.15) is 0 Å². The number of fused-ring (bicyclic) bond motifs is 9. The SMILES string of the molecule is c1ccc(N(c2ccccc2)c2cc(-c3ccc(-n4c5ccccc5c5ccccc54)cc3)cc(-c3ccc(-n4c5ccccc5c5ccccc54)cc3)c2)cc1.c1ccc(N(c2ccccc2)c2ccc(-c3ccc4c(c3)c3cc(-c5ccc(N(c6ccccc6)c6ccccc6)cc5)ccc3n4-c3ccccc3)cc2)cc1. The standard InChI is InChI=1S/C54H37N3.C54H39N3/c1-3-15-42(16-4-1)55(43-17-5-2-6-18-43)46-36-40(38-27-31-44(32-28-38)56-51-23-11-7-19-47(51)48-20-8-12-24-52(48)56)35-41(37-46)39-29-33-45(34-30-39)57-53-25-13-9-21-49(53)50-22-10-14-26-54(50)57;1-6-16-44(17-7-1)55(45-18-8-2-9-19-45)49-32-26-40(27-33-49)42-30-36-53-51(38-42)52-39-43(31-37-54(52)57(53)48-24-14-5-15-25-48)41-28-34-50(35-29-41)56(46-20-10-3-11-21-46)47-22-12-4-13-23-47/h1-37H;1-39H. The van der Waals surface area contributed by atoms with E-state index in [9.17, 15) is 0 Å². The Bertz CT molecular complexity index is 6380. The fraction of sp³-hybridized carbons (Fsp3) is 0. The van der Waals surface area contributed by atoms with Crippen molar-refractivity contribution in [1.82, 2.24) is 13.7 Å². The summed E-state index contributed by atoms with van der Waals surface area (Å²) in [5.74, 6) is 0. The molecule has 0 radical (unpaired) electrons. The maximum Gasteiger partial charge on any atom is 0.0541 e. The van der Waals surface area contributed by atoms with Crippen molar-refractivity contribution in [3.63, 3.8) is 0 Å². The van der Waals surface area contributed by atoms with Crippen molar-refractivity contribution in [2.75, 3.05) is 14.7 Å². The second-order valence-corrected chi connectivity index (χ2v) is 28.8. The molecule has 21 rings (SSSR count). The highest BCUT2D eigenvalue weighted by molar-refractivity contribution is 6.13. The quantitative estimate of drug-likeness (QED) is 0.0964. The molecule has 0 bridgehead atoms. The van der Waals surface area contributed by atoms with Crippen LogP contribution in [0, 0.1) is 0 Å². The molecule has 0 fully saturated rings. The summed E-state index contributed by atoms with van der Waals surface area (Å²) in [6, 6.07) is 166. The molecule has 0 saturated heterocycles. The molecule has 0 unspecified atom stereocenters. The average Bonchev–Trinajstić information content (AvgIpc) is 1.57. The molecule has 0 aliphatic carbocycles. The molecular weight excluding hydrogens is 1380 g/mol. The Labute approximate surface area is 663 Å². The molecule has 6 heteroatoms. The highest BCUT2D eigenvalue weighted by Gasteiger charge is 2.22. The van der Waals surface area contributed by atoms with E-state index in [1.807, 2.05) is 0 Å². The van der Waals surface area contributed by atoms with Gasteiger partial charge in [0, 0.05) is 101 Å². The van der Waals surface area contributed by atoms with Gasteiger partial charge in [-0.25, -0.2) is 0 Å². The first kappa shape index (κ1) is 68.1. The average molecular weight is 1460 g/mol. The van der Waals surface area contributed by atoms with Crippen LogP contribution in [0.5, 0.6) is 0 Å². The summed E-state index contributed by atoms with van der Waals surface area (Å²) in [5.41, 5.74) is 30.0. The molecule has 6 nitrogen and oxygen atoms in total. The van der Waals surface area contributed by atoms with Crippen molar-refractivity contribution in [2.24, 2.45) is 0 Å². The van der Waals surface area contributed by atoms with Crippen LogP contribution in [0.4, 0.5) is 51.2 Å². The molecule has 3 aromatic heterocycles. The van der Waals surface area contributed by atoms with Gasteiger partial charge in [0.05, 0.1) is 33.1 Å². The van der Waals surface area contributed by atoms with Gasteiger partial charge in [-0.1, -0.05) is 261 Å².